The van der Waals surface area contributed by atoms with Crippen molar-refractivity contribution >= 4 is 10.9 Å². The fourth-order valence-corrected chi connectivity index (χ4v) is 4.26. The highest BCUT2D eigenvalue weighted by molar-refractivity contribution is 5.80. The van der Waals surface area contributed by atoms with E-state index in [1.54, 1.807) is 11.8 Å². The molecule has 1 fully saturated rings. The summed E-state index contributed by atoms with van der Waals surface area (Å²) in [5.74, 6) is 1.45. The van der Waals surface area contributed by atoms with Crippen LogP contribution in [0.5, 0.6) is 5.75 Å². The normalized spacial score (nSPS) is 16.3. The van der Waals surface area contributed by atoms with Gasteiger partial charge in [-0.2, -0.15) is 0 Å². The van der Waals surface area contributed by atoms with Crippen LogP contribution in [0.15, 0.2) is 29.1 Å². The fourth-order valence-electron chi connectivity index (χ4n) is 4.26. The van der Waals surface area contributed by atoms with E-state index in [9.17, 15) is 4.79 Å². The van der Waals surface area contributed by atoms with Gasteiger partial charge >= 0.3 is 0 Å². The lowest BCUT2D eigenvalue weighted by Crippen LogP contribution is -2.36. The molecule has 1 aromatic carbocycles. The van der Waals surface area contributed by atoms with Crippen LogP contribution in [0.1, 0.15) is 50.0 Å². The van der Waals surface area contributed by atoms with Crippen LogP contribution in [0.25, 0.3) is 10.9 Å². The molecular formula is C22H30N6O3. The molecule has 4 rings (SSSR count). The van der Waals surface area contributed by atoms with Crippen LogP contribution in [0, 0.1) is 0 Å². The van der Waals surface area contributed by atoms with E-state index in [0.29, 0.717) is 31.1 Å². The number of fused-ring (bicyclic) bond motifs is 1. The van der Waals surface area contributed by atoms with Gasteiger partial charge in [0.2, 0.25) is 0 Å². The minimum Gasteiger partial charge on any atom is -0.494 e. The molecule has 2 aromatic heterocycles. The number of benzene rings is 1. The van der Waals surface area contributed by atoms with Gasteiger partial charge in [-0.05, 0) is 67.5 Å². The van der Waals surface area contributed by atoms with Crippen molar-refractivity contribution in [1.82, 2.24) is 30.1 Å². The molecule has 0 radical (unpaired) electrons. The Hall–Kier alpha value is -2.78. The van der Waals surface area contributed by atoms with Gasteiger partial charge in [0.25, 0.3) is 5.56 Å². The Labute approximate surface area is 181 Å². The van der Waals surface area contributed by atoms with E-state index < -0.39 is 0 Å². The lowest BCUT2D eigenvalue weighted by Gasteiger charge is -2.29. The van der Waals surface area contributed by atoms with E-state index in [-0.39, 0.29) is 11.6 Å². The van der Waals surface area contributed by atoms with Gasteiger partial charge in [0.05, 0.1) is 19.8 Å². The number of ether oxygens (including phenoxy) is 2. The zero-order valence-electron chi connectivity index (χ0n) is 18.2. The molecule has 0 aliphatic carbocycles. The number of aromatic nitrogens is 5. The average molecular weight is 427 g/mol. The summed E-state index contributed by atoms with van der Waals surface area (Å²) in [7, 11) is 1.65. The van der Waals surface area contributed by atoms with Crippen molar-refractivity contribution in [3.05, 3.63) is 46.0 Å². The number of pyridine rings is 1. The number of tetrazole rings is 1. The minimum absolute atomic E-state index is 0.118. The maximum Gasteiger partial charge on any atom is 0.253 e. The van der Waals surface area contributed by atoms with E-state index in [0.717, 1.165) is 42.6 Å². The maximum atomic E-state index is 13.2. The molecule has 0 spiro atoms. The third kappa shape index (κ3) is 4.77. The van der Waals surface area contributed by atoms with Crippen molar-refractivity contribution in [2.75, 3.05) is 33.4 Å². The topological polar surface area (TPSA) is 98.2 Å². The highest BCUT2D eigenvalue weighted by Gasteiger charge is 2.30. The molecule has 0 saturated carbocycles. The molecule has 3 heterocycles. The second-order valence-corrected chi connectivity index (χ2v) is 7.84. The molecule has 1 N–H and O–H groups in total. The van der Waals surface area contributed by atoms with E-state index in [1.807, 2.05) is 31.2 Å². The lowest BCUT2D eigenvalue weighted by molar-refractivity contribution is 0.175. The third-order valence-corrected chi connectivity index (χ3v) is 5.77. The molecule has 1 aliphatic rings. The van der Waals surface area contributed by atoms with Crippen molar-refractivity contribution in [3.63, 3.8) is 0 Å². The summed E-state index contributed by atoms with van der Waals surface area (Å²) >= 11 is 0. The van der Waals surface area contributed by atoms with E-state index in [4.69, 9.17) is 9.47 Å². The number of rotatable bonds is 8. The van der Waals surface area contributed by atoms with Crippen molar-refractivity contribution in [1.29, 1.82) is 0 Å². The van der Waals surface area contributed by atoms with Crippen molar-refractivity contribution in [3.8, 4) is 5.75 Å². The Morgan fingerprint density at radius 1 is 1.16 bits per heavy atom. The highest BCUT2D eigenvalue weighted by atomic mass is 16.5. The van der Waals surface area contributed by atoms with E-state index in [1.165, 1.54) is 12.8 Å². The van der Waals surface area contributed by atoms with E-state index in [2.05, 4.69) is 25.4 Å². The summed E-state index contributed by atoms with van der Waals surface area (Å²) in [4.78, 5) is 18.6. The summed E-state index contributed by atoms with van der Waals surface area (Å²) in [6.07, 6.45) is 4.58. The zero-order chi connectivity index (χ0) is 21.6. The third-order valence-electron chi connectivity index (χ3n) is 5.77. The quantitative estimate of drug-likeness (QED) is 0.591. The van der Waals surface area contributed by atoms with E-state index >= 15 is 0 Å². The summed E-state index contributed by atoms with van der Waals surface area (Å²) < 4.78 is 12.6. The number of hydrogen-bond donors (Lipinski definition) is 1. The first kappa shape index (κ1) is 21.5. The van der Waals surface area contributed by atoms with Crippen molar-refractivity contribution in [2.24, 2.45) is 0 Å². The van der Waals surface area contributed by atoms with Crippen LogP contribution in [-0.4, -0.2) is 63.5 Å². The Morgan fingerprint density at radius 3 is 2.71 bits per heavy atom. The van der Waals surface area contributed by atoms with Crippen molar-refractivity contribution in [2.45, 2.75) is 45.2 Å². The molecule has 9 nitrogen and oxygen atoms in total. The first-order valence-electron chi connectivity index (χ1n) is 11.0. The largest absolute Gasteiger partial charge is 0.494 e. The Balaban J connectivity index is 1.82. The molecule has 1 saturated heterocycles. The molecule has 0 bridgehead atoms. The number of methoxy groups -OCH3 is 1. The molecule has 9 heteroatoms. The highest BCUT2D eigenvalue weighted by Crippen LogP contribution is 2.29. The minimum atomic E-state index is -0.325. The smallest absolute Gasteiger partial charge is 0.253 e. The van der Waals surface area contributed by atoms with Crippen LogP contribution < -0.4 is 10.3 Å². The van der Waals surface area contributed by atoms with Crippen LogP contribution in [0.2, 0.25) is 0 Å². The Morgan fingerprint density at radius 2 is 1.97 bits per heavy atom. The van der Waals surface area contributed by atoms with Gasteiger partial charge in [-0.3, -0.25) is 9.69 Å². The van der Waals surface area contributed by atoms with Gasteiger partial charge in [0.15, 0.2) is 5.82 Å². The Kier molecular flexibility index (Phi) is 6.93. The van der Waals surface area contributed by atoms with Crippen LogP contribution in [0.3, 0.4) is 0 Å². The van der Waals surface area contributed by atoms with Crippen molar-refractivity contribution < 1.29 is 9.47 Å². The second kappa shape index (κ2) is 10.0. The number of nitrogens with one attached hydrogen (secondary N) is 1. The Bertz CT molecular complexity index is 1050. The number of nitrogens with zero attached hydrogens (tertiary/aromatic N) is 5. The zero-order valence-corrected chi connectivity index (χ0v) is 18.2. The molecular weight excluding hydrogens is 396 g/mol. The second-order valence-electron chi connectivity index (χ2n) is 7.84. The molecule has 1 unspecified atom stereocenters. The standard InChI is InChI=1S/C22H30N6O3/c1-3-31-17-8-9-19-16(14-17)15-18(22(29)23-19)20(27-10-6-4-5-7-11-27)21-24-25-26-28(21)12-13-30-2/h8-9,14-15,20H,3-7,10-13H2,1-2H3,(H,23,29). The predicted octanol–water partition coefficient (Wildman–Crippen LogP) is 2.53. The van der Waals surface area contributed by atoms with Crippen LogP contribution >= 0.6 is 0 Å². The van der Waals surface area contributed by atoms with Gasteiger partial charge in [-0.15, -0.1) is 5.10 Å². The van der Waals surface area contributed by atoms with Gasteiger partial charge in [0, 0.05) is 23.6 Å². The molecule has 31 heavy (non-hydrogen) atoms. The van der Waals surface area contributed by atoms with Gasteiger partial charge in [0.1, 0.15) is 11.8 Å². The molecule has 1 aliphatic heterocycles. The SMILES string of the molecule is CCOc1ccc2[nH]c(=O)c(C(c3nnnn3CCOC)N3CCCCCC3)cc2c1. The monoisotopic (exact) mass is 426 g/mol. The van der Waals surface area contributed by atoms with Gasteiger partial charge < -0.3 is 14.5 Å². The molecule has 166 valence electrons. The number of H-pyrrole nitrogens is 1. The van der Waals surface area contributed by atoms with Gasteiger partial charge in [-0.1, -0.05) is 12.8 Å². The maximum absolute atomic E-state index is 13.2. The summed E-state index contributed by atoms with van der Waals surface area (Å²) in [5.41, 5.74) is 1.31. The van der Waals surface area contributed by atoms with Crippen LogP contribution in [-0.2, 0) is 11.3 Å². The summed E-state index contributed by atoms with van der Waals surface area (Å²) in [5, 5.41) is 13.4. The molecule has 1 atom stereocenters. The summed E-state index contributed by atoms with van der Waals surface area (Å²) in [6, 6.07) is 7.36. The predicted molar refractivity (Wildman–Crippen MR) is 117 cm³/mol. The fraction of sp³-hybridized carbons (Fsp3) is 0.545. The first-order valence-corrected chi connectivity index (χ1v) is 11.0. The summed E-state index contributed by atoms with van der Waals surface area (Å²) in [6.45, 7) is 5.38. The average Bonchev–Trinajstić information content (AvgIpc) is 3.06. The van der Waals surface area contributed by atoms with Gasteiger partial charge in [-0.25, -0.2) is 4.68 Å². The number of aromatic amines is 1. The van der Waals surface area contributed by atoms with Crippen LogP contribution in [0.4, 0.5) is 0 Å². The molecule has 0 amide bonds. The lowest BCUT2D eigenvalue weighted by atomic mass is 10.0. The number of hydrogen-bond acceptors (Lipinski definition) is 7. The molecule has 3 aromatic rings. The first-order chi connectivity index (χ1) is 15.2. The number of likely N-dealkylation sites (tertiary alicyclic amines) is 1.